The number of allylic oxidation sites excluding steroid dienone is 1. The Morgan fingerprint density at radius 2 is 1.67 bits per heavy atom. The van der Waals surface area contributed by atoms with Gasteiger partial charge in [0.1, 0.15) is 9.84 Å². The summed E-state index contributed by atoms with van der Waals surface area (Å²) in [7, 11) is 0. The third-order valence-corrected chi connectivity index (χ3v) is 7.39. The Hall–Kier alpha value is -2.86. The molecule has 2 aromatic heterocycles. The molecule has 0 atom stereocenters. The maximum absolute atomic E-state index is 12.8. The van der Waals surface area contributed by atoms with Crippen LogP contribution in [0.2, 0.25) is 5.02 Å². The van der Waals surface area contributed by atoms with E-state index in [0.717, 1.165) is 30.5 Å². The number of fused-ring (bicyclic) bond motifs is 2. The summed E-state index contributed by atoms with van der Waals surface area (Å²) in [6, 6.07) is 15.3. The number of carbonyl (C=O) groups is 2. The number of aryl methyl sites for hydroxylation is 1. The van der Waals surface area contributed by atoms with Gasteiger partial charge in [-0.15, -0.1) is 22.7 Å². The van der Waals surface area contributed by atoms with Crippen molar-refractivity contribution in [2.75, 3.05) is 0 Å². The number of hydrogen-bond acceptors (Lipinski definition) is 5. The molecule has 2 heterocycles. The van der Waals surface area contributed by atoms with Crippen molar-refractivity contribution >= 4 is 73.6 Å². The molecule has 6 heteroatoms. The fraction of sp³-hybridized carbons (Fsp3) is 0.0417. The molecule has 0 fully saturated rings. The van der Waals surface area contributed by atoms with Crippen LogP contribution in [0.1, 0.15) is 41.7 Å². The third kappa shape index (κ3) is 3.35. The lowest BCUT2D eigenvalue weighted by atomic mass is 10.1. The minimum absolute atomic E-state index is 0.185. The van der Waals surface area contributed by atoms with Gasteiger partial charge in [-0.3, -0.25) is 9.59 Å². The van der Waals surface area contributed by atoms with E-state index in [4.69, 9.17) is 11.6 Å². The largest absolute Gasteiger partial charge is 0.288 e. The molecule has 3 nitrogen and oxygen atoms in total. The standard InChI is InChI=1S/C24H14ClNO2S2/c1-13-9-16-17(12-19(13)25)23(28)18(22(16)27)10-15-11-20-24(29-15)26-21(30-20)8-7-14-5-3-2-4-6-14/h2-12H,1H3/b8-7+,18-10-. The number of carbonyl (C=O) groups excluding carboxylic acids is 2. The van der Waals surface area contributed by atoms with E-state index in [1.807, 2.05) is 55.5 Å². The monoisotopic (exact) mass is 447 g/mol. The van der Waals surface area contributed by atoms with Crippen LogP contribution in [0.15, 0.2) is 54.1 Å². The first kappa shape index (κ1) is 19.1. The highest BCUT2D eigenvalue weighted by Gasteiger charge is 2.33. The van der Waals surface area contributed by atoms with Gasteiger partial charge in [-0.25, -0.2) is 4.98 Å². The first-order chi connectivity index (χ1) is 14.5. The van der Waals surface area contributed by atoms with Crippen LogP contribution >= 0.6 is 34.3 Å². The maximum atomic E-state index is 12.8. The predicted molar refractivity (Wildman–Crippen MR) is 126 cm³/mol. The summed E-state index contributed by atoms with van der Waals surface area (Å²) in [4.78, 5) is 31.9. The molecule has 30 heavy (non-hydrogen) atoms. The van der Waals surface area contributed by atoms with Crippen LogP contribution in [-0.4, -0.2) is 16.6 Å². The van der Waals surface area contributed by atoms with Crippen LogP contribution in [0.5, 0.6) is 0 Å². The number of benzene rings is 2. The van der Waals surface area contributed by atoms with Crippen molar-refractivity contribution in [3.8, 4) is 0 Å². The second-order valence-corrected chi connectivity index (χ2v) is 9.51. The molecule has 2 aromatic carbocycles. The van der Waals surface area contributed by atoms with Crippen molar-refractivity contribution in [1.29, 1.82) is 0 Å². The van der Waals surface area contributed by atoms with E-state index < -0.39 is 0 Å². The van der Waals surface area contributed by atoms with Crippen LogP contribution in [0, 0.1) is 6.92 Å². The molecule has 146 valence electrons. The number of Topliss-reactive ketones (excluding diaryl/α,β-unsaturated/α-hetero) is 2. The normalized spacial score (nSPS) is 15.1. The zero-order valence-electron chi connectivity index (χ0n) is 15.8. The number of thiophene rings is 1. The summed E-state index contributed by atoms with van der Waals surface area (Å²) in [5, 5.41) is 1.41. The highest BCUT2D eigenvalue weighted by molar-refractivity contribution is 7.27. The van der Waals surface area contributed by atoms with Gasteiger partial charge in [0, 0.05) is 21.0 Å². The molecule has 5 rings (SSSR count). The Bertz CT molecular complexity index is 1320. The minimum atomic E-state index is -0.270. The summed E-state index contributed by atoms with van der Waals surface area (Å²) in [5.41, 5.74) is 2.90. The van der Waals surface area contributed by atoms with Crippen LogP contribution < -0.4 is 0 Å². The molecule has 0 bridgehead atoms. The molecule has 0 spiro atoms. The van der Waals surface area contributed by atoms with Crippen molar-refractivity contribution in [2.24, 2.45) is 0 Å². The number of rotatable bonds is 3. The molecular formula is C24H14ClNO2S2. The van der Waals surface area contributed by atoms with Gasteiger partial charge in [0.2, 0.25) is 0 Å². The predicted octanol–water partition coefficient (Wildman–Crippen LogP) is 6.95. The van der Waals surface area contributed by atoms with Crippen molar-refractivity contribution < 1.29 is 9.59 Å². The molecule has 1 aliphatic carbocycles. The Labute approximate surface area is 186 Å². The number of halogens is 1. The number of hydrogen-bond donors (Lipinski definition) is 0. The molecule has 0 radical (unpaired) electrons. The SMILES string of the molecule is Cc1cc2c(cc1Cl)C(=O)/C(=C\c1cc3sc(/C=C/c4ccccc4)nc3s1)C2=O. The number of nitrogens with zero attached hydrogens (tertiary/aromatic N) is 1. The lowest BCUT2D eigenvalue weighted by molar-refractivity contribution is 0.0990. The first-order valence-corrected chi connectivity index (χ1v) is 11.3. The fourth-order valence-corrected chi connectivity index (χ4v) is 5.61. The van der Waals surface area contributed by atoms with E-state index in [0.29, 0.717) is 16.1 Å². The Balaban J connectivity index is 1.44. The van der Waals surface area contributed by atoms with Gasteiger partial charge >= 0.3 is 0 Å². The van der Waals surface area contributed by atoms with Crippen molar-refractivity contribution in [3.63, 3.8) is 0 Å². The van der Waals surface area contributed by atoms with E-state index in [1.54, 1.807) is 29.5 Å². The molecule has 0 N–H and O–H groups in total. The number of ketones is 2. The van der Waals surface area contributed by atoms with E-state index in [2.05, 4.69) is 4.98 Å². The lowest BCUT2D eigenvalue weighted by Gasteiger charge is -2.00. The fourth-order valence-electron chi connectivity index (χ4n) is 3.37. The molecule has 0 aliphatic heterocycles. The minimum Gasteiger partial charge on any atom is -0.288 e. The van der Waals surface area contributed by atoms with Gasteiger partial charge in [-0.2, -0.15) is 0 Å². The van der Waals surface area contributed by atoms with Crippen molar-refractivity contribution in [1.82, 2.24) is 4.98 Å². The smallest absolute Gasteiger partial charge is 0.197 e. The van der Waals surface area contributed by atoms with Gasteiger partial charge < -0.3 is 0 Å². The van der Waals surface area contributed by atoms with Crippen LogP contribution in [-0.2, 0) is 0 Å². The van der Waals surface area contributed by atoms with Crippen molar-refractivity contribution in [2.45, 2.75) is 6.92 Å². The van der Waals surface area contributed by atoms with E-state index >= 15 is 0 Å². The quantitative estimate of drug-likeness (QED) is 0.252. The lowest BCUT2D eigenvalue weighted by Crippen LogP contribution is -1.99. The summed E-state index contributed by atoms with van der Waals surface area (Å²) in [6.07, 6.45) is 5.70. The highest BCUT2D eigenvalue weighted by atomic mass is 35.5. The molecule has 0 saturated heterocycles. The molecule has 0 amide bonds. The molecule has 0 unspecified atom stereocenters. The zero-order valence-corrected chi connectivity index (χ0v) is 18.2. The molecule has 4 aromatic rings. The highest BCUT2D eigenvalue weighted by Crippen LogP contribution is 2.36. The zero-order chi connectivity index (χ0) is 20.8. The summed E-state index contributed by atoms with van der Waals surface area (Å²) >= 11 is 9.20. The van der Waals surface area contributed by atoms with Crippen LogP contribution in [0.3, 0.4) is 0 Å². The summed E-state index contributed by atoms with van der Waals surface area (Å²) in [6.45, 7) is 1.82. The molecular weight excluding hydrogens is 434 g/mol. The van der Waals surface area contributed by atoms with Gasteiger partial charge in [0.15, 0.2) is 11.6 Å². The van der Waals surface area contributed by atoms with Gasteiger partial charge in [-0.1, -0.05) is 48.0 Å². The van der Waals surface area contributed by atoms with Crippen molar-refractivity contribution in [3.05, 3.63) is 91.3 Å². The summed E-state index contributed by atoms with van der Waals surface area (Å²) in [5.74, 6) is -0.515. The van der Waals surface area contributed by atoms with Gasteiger partial charge in [0.25, 0.3) is 0 Å². The number of thiazole rings is 1. The second-order valence-electron chi connectivity index (χ2n) is 6.98. The van der Waals surface area contributed by atoms with E-state index in [1.165, 1.54) is 11.3 Å². The first-order valence-electron chi connectivity index (χ1n) is 9.24. The third-order valence-electron chi connectivity index (χ3n) is 4.91. The maximum Gasteiger partial charge on any atom is 0.197 e. The Kier molecular flexibility index (Phi) is 4.74. The van der Waals surface area contributed by atoms with Crippen LogP contribution in [0.25, 0.3) is 27.8 Å². The summed E-state index contributed by atoms with van der Waals surface area (Å²) < 4.78 is 1.04. The van der Waals surface area contributed by atoms with Crippen LogP contribution in [0.4, 0.5) is 0 Å². The Morgan fingerprint density at radius 3 is 2.40 bits per heavy atom. The second kappa shape index (κ2) is 7.43. The molecule has 0 saturated carbocycles. The van der Waals surface area contributed by atoms with Gasteiger partial charge in [-0.05, 0) is 48.4 Å². The van der Waals surface area contributed by atoms with E-state index in [9.17, 15) is 9.59 Å². The van der Waals surface area contributed by atoms with E-state index in [-0.39, 0.29) is 17.1 Å². The number of aromatic nitrogens is 1. The molecule has 1 aliphatic rings. The average Bonchev–Trinajstić information content (AvgIpc) is 3.35. The van der Waals surface area contributed by atoms with Gasteiger partial charge in [0.05, 0.1) is 10.3 Å². The average molecular weight is 448 g/mol. The Morgan fingerprint density at radius 1 is 0.933 bits per heavy atom. The topological polar surface area (TPSA) is 47.0 Å².